The number of nitrogens with zero attached hydrogens (tertiary/aromatic N) is 5. The monoisotopic (exact) mass is 557 g/mol. The SMILES string of the molecule is Oc1cc(-c2ncc3c(N4CC5CCC(C5)C4)nc(OCC45CCCN4CCC5)nc3c2F)c2c(F)cccc2c1. The highest BCUT2D eigenvalue weighted by atomic mass is 19.1. The lowest BCUT2D eigenvalue weighted by Crippen LogP contribution is -2.43. The summed E-state index contributed by atoms with van der Waals surface area (Å²) in [6, 6.07) is 7.57. The molecule has 2 aromatic heterocycles. The smallest absolute Gasteiger partial charge is 0.319 e. The molecule has 4 fully saturated rings. The molecule has 2 atom stereocenters. The van der Waals surface area contributed by atoms with Gasteiger partial charge in [0.15, 0.2) is 5.82 Å². The molecule has 7 nitrogen and oxygen atoms in total. The maximum atomic E-state index is 16.6. The van der Waals surface area contributed by atoms with E-state index in [1.165, 1.54) is 37.5 Å². The Labute approximate surface area is 237 Å². The van der Waals surface area contributed by atoms with E-state index in [4.69, 9.17) is 9.72 Å². The third kappa shape index (κ3) is 4.11. The Morgan fingerprint density at radius 1 is 1.02 bits per heavy atom. The molecule has 0 amide bonds. The molecule has 0 radical (unpaired) electrons. The van der Waals surface area contributed by atoms with Crippen LogP contribution in [0.2, 0.25) is 0 Å². The van der Waals surface area contributed by atoms with Gasteiger partial charge in [0.1, 0.15) is 35.2 Å². The minimum Gasteiger partial charge on any atom is -0.508 e. The predicted octanol–water partition coefficient (Wildman–Crippen LogP) is 6.07. The molecule has 212 valence electrons. The van der Waals surface area contributed by atoms with Crippen molar-refractivity contribution in [1.29, 1.82) is 0 Å². The van der Waals surface area contributed by atoms with Gasteiger partial charge in [-0.2, -0.15) is 9.97 Å². The lowest BCUT2D eigenvalue weighted by atomic mass is 9.95. The number of rotatable bonds is 5. The van der Waals surface area contributed by atoms with E-state index in [2.05, 4.69) is 19.8 Å². The number of ether oxygens (including phenoxy) is 1. The number of piperidine rings is 1. The molecule has 5 heterocycles. The van der Waals surface area contributed by atoms with E-state index in [9.17, 15) is 5.11 Å². The Bertz CT molecular complexity index is 1660. The van der Waals surface area contributed by atoms with E-state index in [0.717, 1.165) is 51.9 Å². The first-order valence-electron chi connectivity index (χ1n) is 14.9. The van der Waals surface area contributed by atoms with Gasteiger partial charge in [-0.25, -0.2) is 8.78 Å². The summed E-state index contributed by atoms with van der Waals surface area (Å²) in [6.45, 7) is 4.38. The molecule has 4 aromatic rings. The van der Waals surface area contributed by atoms with Crippen molar-refractivity contribution >= 4 is 27.5 Å². The number of fused-ring (bicyclic) bond motifs is 5. The molecule has 41 heavy (non-hydrogen) atoms. The standard InChI is InChI=1S/C32H33F2N5O2/c33-25-5-1-4-21-13-22(40)14-23(26(21)25)28-27(34)29-24(15-35-28)30(38-16-19-6-7-20(12-19)17-38)37-31(36-29)41-18-32-8-2-10-39(32)11-3-9-32/h1,4-5,13-15,19-20,40H,2-3,6-12,16-18H2. The topological polar surface area (TPSA) is 74.6 Å². The van der Waals surface area contributed by atoms with Gasteiger partial charge in [0, 0.05) is 30.2 Å². The van der Waals surface area contributed by atoms with Gasteiger partial charge in [0.05, 0.1) is 10.9 Å². The maximum absolute atomic E-state index is 16.6. The molecule has 4 aliphatic rings. The van der Waals surface area contributed by atoms with Crippen LogP contribution in [0.4, 0.5) is 14.6 Å². The van der Waals surface area contributed by atoms with Crippen LogP contribution in [0.3, 0.4) is 0 Å². The van der Waals surface area contributed by atoms with Crippen LogP contribution in [0.15, 0.2) is 36.5 Å². The minimum absolute atomic E-state index is 0.00265. The van der Waals surface area contributed by atoms with Gasteiger partial charge in [-0.3, -0.25) is 9.88 Å². The maximum Gasteiger partial charge on any atom is 0.319 e. The average Bonchev–Trinajstić information content (AvgIpc) is 3.65. The van der Waals surface area contributed by atoms with Gasteiger partial charge >= 0.3 is 6.01 Å². The first-order chi connectivity index (χ1) is 20.0. The summed E-state index contributed by atoms with van der Waals surface area (Å²) in [4.78, 5) is 18.8. The van der Waals surface area contributed by atoms with Crippen LogP contribution in [-0.4, -0.2) is 63.3 Å². The van der Waals surface area contributed by atoms with E-state index in [-0.39, 0.29) is 39.5 Å². The minimum atomic E-state index is -0.673. The first-order valence-corrected chi connectivity index (χ1v) is 14.9. The summed E-state index contributed by atoms with van der Waals surface area (Å²) in [6.07, 6.45) is 9.72. The van der Waals surface area contributed by atoms with Crippen LogP contribution in [0.5, 0.6) is 11.8 Å². The highest BCUT2D eigenvalue weighted by molar-refractivity contribution is 6.00. The van der Waals surface area contributed by atoms with E-state index >= 15 is 8.78 Å². The van der Waals surface area contributed by atoms with Gasteiger partial charge in [-0.15, -0.1) is 0 Å². The largest absolute Gasteiger partial charge is 0.508 e. The van der Waals surface area contributed by atoms with E-state index in [1.807, 2.05) is 0 Å². The van der Waals surface area contributed by atoms with Crippen LogP contribution >= 0.6 is 0 Å². The Kier molecular flexibility index (Phi) is 5.81. The van der Waals surface area contributed by atoms with Crippen molar-refractivity contribution in [2.75, 3.05) is 37.7 Å². The second-order valence-electron chi connectivity index (χ2n) is 12.5. The quantitative estimate of drug-likeness (QED) is 0.319. The number of aromatic nitrogens is 3. The Morgan fingerprint density at radius 2 is 1.80 bits per heavy atom. The number of phenolic OH excluding ortho intramolecular Hbond substituents is 1. The van der Waals surface area contributed by atoms with Crippen LogP contribution < -0.4 is 9.64 Å². The van der Waals surface area contributed by atoms with Crippen molar-refractivity contribution in [2.45, 2.75) is 50.5 Å². The van der Waals surface area contributed by atoms with Crippen molar-refractivity contribution in [2.24, 2.45) is 11.8 Å². The molecular weight excluding hydrogens is 524 g/mol. The van der Waals surface area contributed by atoms with Gasteiger partial charge in [0.2, 0.25) is 0 Å². The fourth-order valence-electron chi connectivity index (χ4n) is 8.11. The molecule has 2 aromatic carbocycles. The summed E-state index contributed by atoms with van der Waals surface area (Å²) < 4.78 is 37.9. The van der Waals surface area contributed by atoms with Crippen LogP contribution in [0.1, 0.15) is 44.9 Å². The fourth-order valence-corrected chi connectivity index (χ4v) is 8.11. The number of pyridine rings is 1. The molecule has 9 heteroatoms. The summed E-state index contributed by atoms with van der Waals surface area (Å²) in [5.74, 6) is 0.586. The van der Waals surface area contributed by atoms with E-state index in [0.29, 0.717) is 35.0 Å². The molecule has 1 N–H and O–H groups in total. The highest BCUT2D eigenvalue weighted by Gasteiger charge is 2.45. The molecule has 0 spiro atoms. The molecule has 3 aliphatic heterocycles. The number of hydrogen-bond donors (Lipinski definition) is 1. The molecular formula is C32H33F2N5O2. The van der Waals surface area contributed by atoms with E-state index in [1.54, 1.807) is 18.3 Å². The van der Waals surface area contributed by atoms with Crippen molar-refractivity contribution in [3.63, 3.8) is 0 Å². The summed E-state index contributed by atoms with van der Waals surface area (Å²) in [5, 5.41) is 11.6. The van der Waals surface area contributed by atoms with Crippen LogP contribution in [0.25, 0.3) is 32.9 Å². The third-order valence-electron chi connectivity index (χ3n) is 10.00. The Morgan fingerprint density at radius 3 is 2.59 bits per heavy atom. The molecule has 2 bridgehead atoms. The second kappa shape index (κ2) is 9.48. The zero-order valence-electron chi connectivity index (χ0n) is 23.0. The first kappa shape index (κ1) is 25.1. The lowest BCUT2D eigenvalue weighted by Gasteiger charge is -2.34. The van der Waals surface area contributed by atoms with Gasteiger partial charge < -0.3 is 14.7 Å². The number of phenols is 1. The molecule has 1 aliphatic carbocycles. The lowest BCUT2D eigenvalue weighted by molar-refractivity contribution is 0.108. The van der Waals surface area contributed by atoms with Crippen LogP contribution in [-0.2, 0) is 0 Å². The van der Waals surface area contributed by atoms with Crippen LogP contribution in [0, 0.1) is 23.5 Å². The molecule has 8 rings (SSSR count). The number of hydrogen-bond acceptors (Lipinski definition) is 7. The number of benzene rings is 2. The van der Waals surface area contributed by atoms with Crippen molar-refractivity contribution in [3.8, 4) is 23.0 Å². The summed E-state index contributed by atoms with van der Waals surface area (Å²) in [7, 11) is 0. The van der Waals surface area contributed by atoms with Crippen molar-refractivity contribution < 1.29 is 18.6 Å². The van der Waals surface area contributed by atoms with Crippen molar-refractivity contribution in [3.05, 3.63) is 48.2 Å². The normalized spacial score (nSPS) is 23.5. The number of anilines is 1. The summed E-state index contributed by atoms with van der Waals surface area (Å²) in [5.41, 5.74) is 0.229. The van der Waals surface area contributed by atoms with Gasteiger partial charge in [-0.05, 0) is 93.5 Å². The van der Waals surface area contributed by atoms with Gasteiger partial charge in [-0.1, -0.05) is 12.1 Å². The Hall–Kier alpha value is -3.59. The Balaban J connectivity index is 1.26. The highest BCUT2D eigenvalue weighted by Crippen LogP contribution is 2.43. The van der Waals surface area contributed by atoms with Crippen molar-refractivity contribution in [1.82, 2.24) is 19.9 Å². The molecule has 2 unspecified atom stereocenters. The fraction of sp³-hybridized carbons (Fsp3) is 0.469. The molecule has 3 saturated heterocycles. The second-order valence-corrected chi connectivity index (χ2v) is 12.5. The average molecular weight is 558 g/mol. The third-order valence-corrected chi connectivity index (χ3v) is 10.00. The number of aromatic hydroxyl groups is 1. The van der Waals surface area contributed by atoms with Gasteiger partial charge in [0.25, 0.3) is 0 Å². The number of halogens is 2. The zero-order chi connectivity index (χ0) is 27.7. The van der Waals surface area contributed by atoms with E-state index < -0.39 is 11.6 Å². The molecule has 1 saturated carbocycles. The zero-order valence-corrected chi connectivity index (χ0v) is 23.0. The summed E-state index contributed by atoms with van der Waals surface area (Å²) >= 11 is 0. The predicted molar refractivity (Wildman–Crippen MR) is 153 cm³/mol.